The van der Waals surface area contributed by atoms with Gasteiger partial charge in [-0.05, 0) is 30.2 Å². The Morgan fingerprint density at radius 3 is 2.87 bits per heavy atom. The number of benzene rings is 1. The van der Waals surface area contributed by atoms with Crippen molar-refractivity contribution >= 4 is 34.2 Å². The third-order valence-corrected chi connectivity index (χ3v) is 4.09. The van der Waals surface area contributed by atoms with Gasteiger partial charge in [-0.25, -0.2) is 14.8 Å². The Morgan fingerprint density at radius 1 is 1.22 bits per heavy atom. The molecule has 0 saturated carbocycles. The first-order chi connectivity index (χ1) is 11.1. The van der Waals surface area contributed by atoms with Gasteiger partial charge in [-0.15, -0.1) is 0 Å². The Balaban J connectivity index is 1.72. The zero-order valence-electron chi connectivity index (χ0n) is 12.2. The number of nitrogens with zero attached hydrogens (tertiary/aromatic N) is 3. The Bertz CT molecular complexity index is 878. The fourth-order valence-electron chi connectivity index (χ4n) is 2.91. The first kappa shape index (κ1) is 13.8. The number of nitrogens with one attached hydrogen (secondary N) is 1. The summed E-state index contributed by atoms with van der Waals surface area (Å²) in [5, 5.41) is 4.69. The summed E-state index contributed by atoms with van der Waals surface area (Å²) in [5.41, 5.74) is 4.12. The standard InChI is InChI=1S/C16H13FN4O2/c17-11-2-1-9-7-10-5-6-21(15(10)18-13(9)8-11)16(23)12-3-4-14(22)20-19-12/h1-2,7-8H,3-6H2,(H,20,22). The maximum Gasteiger partial charge on any atom is 0.275 e. The SMILES string of the molecule is O=C1CCC(C(=O)N2CCc3cc4ccc(F)cc4nc32)=NN1. The first-order valence-electron chi connectivity index (χ1n) is 7.38. The van der Waals surface area contributed by atoms with Gasteiger partial charge in [0.2, 0.25) is 5.91 Å². The maximum absolute atomic E-state index is 13.4. The minimum absolute atomic E-state index is 0.192. The van der Waals surface area contributed by atoms with Crippen LogP contribution < -0.4 is 10.3 Å². The molecule has 1 N–H and O–H groups in total. The number of aromatic nitrogens is 1. The lowest BCUT2D eigenvalue weighted by molar-refractivity contribution is -0.121. The lowest BCUT2D eigenvalue weighted by atomic mass is 10.1. The van der Waals surface area contributed by atoms with Crippen molar-refractivity contribution in [3.63, 3.8) is 0 Å². The molecule has 0 unspecified atom stereocenters. The van der Waals surface area contributed by atoms with Crippen LogP contribution in [0.2, 0.25) is 0 Å². The highest BCUT2D eigenvalue weighted by Gasteiger charge is 2.30. The van der Waals surface area contributed by atoms with E-state index in [4.69, 9.17) is 0 Å². The molecule has 6 nitrogen and oxygen atoms in total. The Kier molecular flexibility index (Phi) is 3.07. The third-order valence-electron chi connectivity index (χ3n) is 4.09. The largest absolute Gasteiger partial charge is 0.291 e. The smallest absolute Gasteiger partial charge is 0.275 e. The van der Waals surface area contributed by atoms with Gasteiger partial charge in [-0.2, -0.15) is 5.10 Å². The number of anilines is 1. The van der Waals surface area contributed by atoms with Gasteiger partial charge >= 0.3 is 0 Å². The molecule has 3 heterocycles. The van der Waals surface area contributed by atoms with Crippen molar-refractivity contribution in [3.8, 4) is 0 Å². The summed E-state index contributed by atoms with van der Waals surface area (Å²) in [6.45, 7) is 0.507. The molecule has 0 spiro atoms. The van der Waals surface area contributed by atoms with Gasteiger partial charge in [-0.1, -0.05) is 0 Å². The molecule has 0 saturated heterocycles. The Morgan fingerprint density at radius 2 is 2.09 bits per heavy atom. The molecule has 2 amide bonds. The number of pyridine rings is 1. The summed E-state index contributed by atoms with van der Waals surface area (Å²) < 4.78 is 13.4. The zero-order chi connectivity index (χ0) is 16.0. The van der Waals surface area contributed by atoms with Gasteiger partial charge in [0.25, 0.3) is 5.91 Å². The second kappa shape index (κ2) is 5.12. The lowest BCUT2D eigenvalue weighted by Gasteiger charge is -2.19. The van der Waals surface area contributed by atoms with E-state index in [1.165, 1.54) is 12.1 Å². The second-order valence-electron chi connectivity index (χ2n) is 5.61. The molecule has 4 rings (SSSR count). The molecule has 1 aromatic heterocycles. The predicted octanol–water partition coefficient (Wildman–Crippen LogP) is 1.53. The maximum atomic E-state index is 13.4. The molecule has 2 aromatic rings. The highest BCUT2D eigenvalue weighted by atomic mass is 19.1. The molecule has 0 radical (unpaired) electrons. The number of fused-ring (bicyclic) bond motifs is 2. The number of carbonyl (C=O) groups is 2. The third kappa shape index (κ3) is 2.34. The van der Waals surface area contributed by atoms with Crippen LogP contribution >= 0.6 is 0 Å². The number of hydrazone groups is 1. The van der Waals surface area contributed by atoms with Crippen LogP contribution in [0.3, 0.4) is 0 Å². The van der Waals surface area contributed by atoms with Crippen LogP contribution in [0.5, 0.6) is 0 Å². The van der Waals surface area contributed by atoms with Crippen molar-refractivity contribution in [2.75, 3.05) is 11.4 Å². The number of hydrogen-bond donors (Lipinski definition) is 1. The quantitative estimate of drug-likeness (QED) is 0.867. The van der Waals surface area contributed by atoms with Crippen LogP contribution in [0.1, 0.15) is 18.4 Å². The monoisotopic (exact) mass is 312 g/mol. The summed E-state index contributed by atoms with van der Waals surface area (Å²) in [6.07, 6.45) is 1.27. The minimum atomic E-state index is -0.361. The second-order valence-corrected chi connectivity index (χ2v) is 5.61. The highest BCUT2D eigenvalue weighted by molar-refractivity contribution is 6.44. The summed E-state index contributed by atoms with van der Waals surface area (Å²) in [6, 6.07) is 6.38. The number of rotatable bonds is 1. The van der Waals surface area contributed by atoms with Crippen LogP contribution in [-0.2, 0) is 16.0 Å². The van der Waals surface area contributed by atoms with Gasteiger partial charge < -0.3 is 0 Å². The average molecular weight is 312 g/mol. The molecule has 0 bridgehead atoms. The number of halogens is 1. The molecule has 0 aliphatic carbocycles. The Labute approximate surface area is 131 Å². The van der Waals surface area contributed by atoms with Gasteiger partial charge in [0.1, 0.15) is 17.3 Å². The summed E-state index contributed by atoms with van der Waals surface area (Å²) in [4.78, 5) is 29.7. The minimum Gasteiger partial charge on any atom is -0.291 e. The molecule has 7 heteroatoms. The van der Waals surface area contributed by atoms with Crippen molar-refractivity contribution in [2.45, 2.75) is 19.3 Å². The molecule has 2 aliphatic heterocycles. The first-order valence-corrected chi connectivity index (χ1v) is 7.38. The normalized spacial score (nSPS) is 17.0. The van der Waals surface area contributed by atoms with Crippen molar-refractivity contribution < 1.29 is 14.0 Å². The fourth-order valence-corrected chi connectivity index (χ4v) is 2.91. The van der Waals surface area contributed by atoms with E-state index in [1.807, 2.05) is 6.07 Å². The van der Waals surface area contributed by atoms with E-state index < -0.39 is 0 Å². The van der Waals surface area contributed by atoms with Crippen molar-refractivity contribution in [1.82, 2.24) is 10.4 Å². The summed E-state index contributed by atoms with van der Waals surface area (Å²) in [5.74, 6) is -0.261. The van der Waals surface area contributed by atoms with Crippen molar-refractivity contribution in [2.24, 2.45) is 5.10 Å². The van der Waals surface area contributed by atoms with Crippen molar-refractivity contribution in [3.05, 3.63) is 35.6 Å². The van der Waals surface area contributed by atoms with Gasteiger partial charge in [-0.3, -0.25) is 14.5 Å². The van der Waals surface area contributed by atoms with Crippen LogP contribution in [0.4, 0.5) is 10.2 Å². The lowest BCUT2D eigenvalue weighted by Crippen LogP contribution is -2.39. The average Bonchev–Trinajstić information content (AvgIpc) is 2.95. The molecular formula is C16H13FN4O2. The number of hydrogen-bond acceptors (Lipinski definition) is 4. The zero-order valence-corrected chi connectivity index (χ0v) is 12.2. The van der Waals surface area contributed by atoms with Gasteiger partial charge in [0, 0.05) is 30.8 Å². The molecular weight excluding hydrogens is 299 g/mol. The van der Waals surface area contributed by atoms with Crippen LogP contribution in [0.25, 0.3) is 10.9 Å². The fraction of sp³-hybridized carbons (Fsp3) is 0.250. The summed E-state index contributed by atoms with van der Waals surface area (Å²) in [7, 11) is 0. The van der Waals surface area contributed by atoms with Crippen LogP contribution in [0, 0.1) is 5.82 Å². The van der Waals surface area contributed by atoms with E-state index in [0.717, 1.165) is 10.9 Å². The van der Waals surface area contributed by atoms with Crippen LogP contribution in [0.15, 0.2) is 29.4 Å². The number of amides is 2. The highest BCUT2D eigenvalue weighted by Crippen LogP contribution is 2.30. The Hall–Kier alpha value is -2.83. The topological polar surface area (TPSA) is 74.7 Å². The van der Waals surface area contributed by atoms with E-state index in [0.29, 0.717) is 36.4 Å². The molecule has 0 atom stereocenters. The predicted molar refractivity (Wildman–Crippen MR) is 82.6 cm³/mol. The molecule has 116 valence electrons. The molecule has 23 heavy (non-hydrogen) atoms. The van der Waals surface area contributed by atoms with Crippen molar-refractivity contribution in [1.29, 1.82) is 0 Å². The summed E-state index contributed by atoms with van der Waals surface area (Å²) >= 11 is 0. The number of carbonyl (C=O) groups excluding carboxylic acids is 2. The van der Waals surface area contributed by atoms with E-state index >= 15 is 0 Å². The van der Waals surface area contributed by atoms with E-state index in [9.17, 15) is 14.0 Å². The van der Waals surface area contributed by atoms with Crippen LogP contribution in [-0.4, -0.2) is 29.1 Å². The van der Waals surface area contributed by atoms with Gasteiger partial charge in [0.05, 0.1) is 5.52 Å². The van der Waals surface area contributed by atoms with E-state index in [-0.39, 0.29) is 24.1 Å². The molecule has 1 aromatic carbocycles. The molecule has 2 aliphatic rings. The molecule has 0 fully saturated rings. The van der Waals surface area contributed by atoms with Gasteiger partial charge in [0.15, 0.2) is 0 Å². The van der Waals surface area contributed by atoms with E-state index in [1.54, 1.807) is 11.0 Å². The van der Waals surface area contributed by atoms with E-state index in [2.05, 4.69) is 15.5 Å².